The van der Waals surface area contributed by atoms with Crippen molar-refractivity contribution in [2.24, 2.45) is 0 Å². The second kappa shape index (κ2) is 7.61. The minimum Gasteiger partial charge on any atom is -0.508 e. The molecular formula is C21H18N2O3. The van der Waals surface area contributed by atoms with Crippen LogP contribution in [0.2, 0.25) is 0 Å². The highest BCUT2D eigenvalue weighted by molar-refractivity contribution is 6.09. The quantitative estimate of drug-likeness (QED) is 0.690. The van der Waals surface area contributed by atoms with Gasteiger partial charge in [-0.15, -0.1) is 0 Å². The van der Waals surface area contributed by atoms with Crippen LogP contribution in [0.15, 0.2) is 72.9 Å². The van der Waals surface area contributed by atoms with Crippen molar-refractivity contribution in [3.8, 4) is 5.75 Å². The van der Waals surface area contributed by atoms with Gasteiger partial charge in [-0.05, 0) is 37.3 Å². The minimum atomic E-state index is -0.652. The summed E-state index contributed by atoms with van der Waals surface area (Å²) >= 11 is 0. The molecular weight excluding hydrogens is 328 g/mol. The van der Waals surface area contributed by atoms with Crippen molar-refractivity contribution in [2.75, 3.05) is 5.32 Å². The first-order chi connectivity index (χ1) is 12.6. The van der Waals surface area contributed by atoms with Crippen LogP contribution in [-0.4, -0.2) is 21.8 Å². The van der Waals surface area contributed by atoms with E-state index < -0.39 is 5.92 Å². The third-order valence-electron chi connectivity index (χ3n) is 4.10. The number of aromatic nitrogens is 1. The molecule has 130 valence electrons. The second-order valence-corrected chi connectivity index (χ2v) is 5.89. The first-order valence-electron chi connectivity index (χ1n) is 8.21. The maximum absolute atomic E-state index is 12.6. The van der Waals surface area contributed by atoms with Gasteiger partial charge in [0, 0.05) is 22.9 Å². The fourth-order valence-electron chi connectivity index (χ4n) is 2.61. The number of rotatable bonds is 5. The lowest BCUT2D eigenvalue weighted by molar-refractivity contribution is -0.117. The van der Waals surface area contributed by atoms with Gasteiger partial charge in [0.25, 0.3) is 0 Å². The molecule has 0 saturated heterocycles. The van der Waals surface area contributed by atoms with Gasteiger partial charge in [-0.2, -0.15) is 0 Å². The van der Waals surface area contributed by atoms with E-state index in [4.69, 9.17) is 0 Å². The molecule has 0 spiro atoms. The summed E-state index contributed by atoms with van der Waals surface area (Å²) < 4.78 is 0. The van der Waals surface area contributed by atoms with Crippen molar-refractivity contribution >= 4 is 17.5 Å². The molecule has 3 rings (SSSR count). The van der Waals surface area contributed by atoms with Crippen molar-refractivity contribution in [1.29, 1.82) is 0 Å². The van der Waals surface area contributed by atoms with Crippen molar-refractivity contribution in [2.45, 2.75) is 12.8 Å². The van der Waals surface area contributed by atoms with Crippen LogP contribution in [0.1, 0.15) is 34.3 Å². The van der Waals surface area contributed by atoms with Crippen LogP contribution in [0.3, 0.4) is 0 Å². The fraction of sp³-hybridized carbons (Fsp3) is 0.0952. The van der Waals surface area contributed by atoms with E-state index in [0.29, 0.717) is 22.5 Å². The van der Waals surface area contributed by atoms with E-state index in [-0.39, 0.29) is 17.4 Å². The van der Waals surface area contributed by atoms with E-state index in [1.54, 1.807) is 67.7 Å². The van der Waals surface area contributed by atoms with Crippen LogP contribution >= 0.6 is 0 Å². The Morgan fingerprint density at radius 2 is 1.69 bits per heavy atom. The van der Waals surface area contributed by atoms with E-state index in [2.05, 4.69) is 10.3 Å². The largest absolute Gasteiger partial charge is 0.508 e. The Labute approximate surface area is 151 Å². The summed E-state index contributed by atoms with van der Waals surface area (Å²) in [5.74, 6) is -0.730. The van der Waals surface area contributed by atoms with Crippen LogP contribution in [0.4, 0.5) is 5.82 Å². The van der Waals surface area contributed by atoms with Crippen LogP contribution in [0, 0.1) is 0 Å². The highest BCUT2D eigenvalue weighted by Crippen LogP contribution is 2.28. The number of aromatic hydroxyl groups is 1. The monoisotopic (exact) mass is 346 g/mol. The number of carbonyl (C=O) groups excluding carboxylic acids is 2. The Balaban J connectivity index is 1.85. The van der Waals surface area contributed by atoms with Crippen molar-refractivity contribution in [3.05, 3.63) is 89.6 Å². The molecule has 0 fully saturated rings. The van der Waals surface area contributed by atoms with Gasteiger partial charge in [-0.25, -0.2) is 4.98 Å². The SMILES string of the molecule is CC(C(=O)Nc1ccccn1)c1cc(C(=O)c2ccccc2)ccc1O. The molecule has 1 aromatic heterocycles. The van der Waals surface area contributed by atoms with E-state index in [1.165, 1.54) is 6.07 Å². The van der Waals surface area contributed by atoms with E-state index in [0.717, 1.165) is 0 Å². The molecule has 0 aliphatic carbocycles. The normalized spacial score (nSPS) is 11.6. The average Bonchev–Trinajstić information content (AvgIpc) is 2.68. The van der Waals surface area contributed by atoms with Gasteiger partial charge in [0.2, 0.25) is 5.91 Å². The standard InChI is InChI=1S/C21H18N2O3/c1-14(21(26)23-19-9-5-6-12-22-19)17-13-16(10-11-18(17)24)20(25)15-7-3-2-4-8-15/h2-14,24H,1H3,(H,22,23,26). The molecule has 1 amide bonds. The molecule has 2 N–H and O–H groups in total. The molecule has 1 heterocycles. The predicted molar refractivity (Wildman–Crippen MR) is 99.3 cm³/mol. The summed E-state index contributed by atoms with van der Waals surface area (Å²) in [4.78, 5) is 29.1. The third-order valence-corrected chi connectivity index (χ3v) is 4.10. The highest BCUT2D eigenvalue weighted by atomic mass is 16.3. The molecule has 3 aromatic rings. The Kier molecular flexibility index (Phi) is 5.08. The molecule has 0 aliphatic heterocycles. The molecule has 26 heavy (non-hydrogen) atoms. The first kappa shape index (κ1) is 17.4. The number of phenols is 1. The molecule has 5 nitrogen and oxygen atoms in total. The Morgan fingerprint density at radius 1 is 0.962 bits per heavy atom. The summed E-state index contributed by atoms with van der Waals surface area (Å²) in [7, 11) is 0. The first-order valence-corrected chi connectivity index (χ1v) is 8.21. The summed E-state index contributed by atoms with van der Waals surface area (Å²) in [6.07, 6.45) is 1.58. The summed E-state index contributed by atoms with van der Waals surface area (Å²) in [5, 5.41) is 12.9. The maximum atomic E-state index is 12.6. The summed E-state index contributed by atoms with van der Waals surface area (Å²) in [5.41, 5.74) is 1.36. The van der Waals surface area contributed by atoms with E-state index in [1.807, 2.05) is 6.07 Å². The molecule has 5 heteroatoms. The van der Waals surface area contributed by atoms with Gasteiger partial charge in [0.15, 0.2) is 5.78 Å². The molecule has 0 aliphatic rings. The second-order valence-electron chi connectivity index (χ2n) is 5.89. The van der Waals surface area contributed by atoms with Crippen LogP contribution in [0.5, 0.6) is 5.75 Å². The molecule has 0 saturated carbocycles. The van der Waals surface area contributed by atoms with Gasteiger partial charge in [-0.3, -0.25) is 9.59 Å². The zero-order valence-corrected chi connectivity index (χ0v) is 14.2. The van der Waals surface area contributed by atoms with Gasteiger partial charge >= 0.3 is 0 Å². The predicted octanol–water partition coefficient (Wildman–Crippen LogP) is 3.76. The van der Waals surface area contributed by atoms with Gasteiger partial charge in [0.05, 0.1) is 5.92 Å². The topological polar surface area (TPSA) is 79.3 Å². The highest BCUT2D eigenvalue weighted by Gasteiger charge is 2.21. The zero-order valence-electron chi connectivity index (χ0n) is 14.2. The minimum absolute atomic E-state index is 0.0294. The zero-order chi connectivity index (χ0) is 18.5. The number of amides is 1. The Morgan fingerprint density at radius 3 is 2.38 bits per heavy atom. The summed E-state index contributed by atoms with van der Waals surface area (Å²) in [6, 6.07) is 18.6. The molecule has 1 unspecified atom stereocenters. The third kappa shape index (κ3) is 3.78. The number of phenolic OH excluding ortho intramolecular Hbond substituents is 1. The van der Waals surface area contributed by atoms with E-state index >= 15 is 0 Å². The van der Waals surface area contributed by atoms with Crippen LogP contribution in [0.25, 0.3) is 0 Å². The van der Waals surface area contributed by atoms with Gasteiger partial charge in [0.1, 0.15) is 11.6 Å². The van der Waals surface area contributed by atoms with E-state index in [9.17, 15) is 14.7 Å². The van der Waals surface area contributed by atoms with Crippen LogP contribution in [-0.2, 0) is 4.79 Å². The number of pyridine rings is 1. The van der Waals surface area contributed by atoms with Crippen molar-refractivity contribution in [1.82, 2.24) is 4.98 Å². The smallest absolute Gasteiger partial charge is 0.232 e. The number of anilines is 1. The van der Waals surface area contributed by atoms with Gasteiger partial charge in [-0.1, -0.05) is 36.4 Å². The lowest BCUT2D eigenvalue weighted by Gasteiger charge is -2.15. The Bertz CT molecular complexity index is 925. The van der Waals surface area contributed by atoms with Crippen molar-refractivity contribution < 1.29 is 14.7 Å². The molecule has 1 atom stereocenters. The Hall–Kier alpha value is -3.47. The number of ketones is 1. The number of hydrogen-bond acceptors (Lipinski definition) is 4. The number of hydrogen-bond donors (Lipinski definition) is 2. The van der Waals surface area contributed by atoms with Crippen molar-refractivity contribution in [3.63, 3.8) is 0 Å². The summed E-state index contributed by atoms with van der Waals surface area (Å²) in [6.45, 7) is 1.67. The molecule has 0 bridgehead atoms. The molecule has 0 radical (unpaired) electrons. The number of carbonyl (C=O) groups is 2. The average molecular weight is 346 g/mol. The number of nitrogens with one attached hydrogen (secondary N) is 1. The number of nitrogens with zero attached hydrogens (tertiary/aromatic N) is 1. The van der Waals surface area contributed by atoms with Crippen LogP contribution < -0.4 is 5.32 Å². The molecule has 2 aromatic carbocycles. The maximum Gasteiger partial charge on any atom is 0.232 e. The van der Waals surface area contributed by atoms with Gasteiger partial charge < -0.3 is 10.4 Å². The fourth-order valence-corrected chi connectivity index (χ4v) is 2.61. The number of benzene rings is 2. The lowest BCUT2D eigenvalue weighted by Crippen LogP contribution is -2.20. The lowest BCUT2D eigenvalue weighted by atomic mass is 9.94.